The molecule has 0 atom stereocenters. The normalized spacial score (nSPS) is 11.2. The summed E-state index contributed by atoms with van der Waals surface area (Å²) >= 11 is 3.56. The lowest BCUT2D eigenvalue weighted by atomic mass is 10.1. The van der Waals surface area contributed by atoms with Gasteiger partial charge in [-0.15, -0.1) is 0 Å². The summed E-state index contributed by atoms with van der Waals surface area (Å²) in [7, 11) is 0. The van der Waals surface area contributed by atoms with Gasteiger partial charge < -0.3 is 5.32 Å². The third kappa shape index (κ3) is 4.52. The van der Waals surface area contributed by atoms with E-state index in [1.54, 1.807) is 10.9 Å². The molecule has 0 saturated carbocycles. The summed E-state index contributed by atoms with van der Waals surface area (Å²) in [4.78, 5) is 12.8. The second kappa shape index (κ2) is 9.12. The van der Waals surface area contributed by atoms with Crippen LogP contribution in [0.2, 0.25) is 0 Å². The number of hydrogen-bond donors (Lipinski definition) is 1. The standard InChI is InChI=1S/C23H26BrN7O/c1-5-30-16(3)20(10-26-30)13-29-14-21(11-25-29)27-23(32)19-8-6-7-18(9-19)12-31-17(4)22(24)15(2)28-31/h6-11,14H,5,12-13H2,1-4H3,(H,27,32). The van der Waals surface area contributed by atoms with Crippen LogP contribution in [0, 0.1) is 20.8 Å². The minimum Gasteiger partial charge on any atom is -0.319 e. The second-order valence-corrected chi connectivity index (χ2v) is 8.59. The zero-order valence-electron chi connectivity index (χ0n) is 18.6. The monoisotopic (exact) mass is 495 g/mol. The number of amides is 1. The van der Waals surface area contributed by atoms with E-state index in [0.717, 1.165) is 39.2 Å². The van der Waals surface area contributed by atoms with Crippen LogP contribution in [0.4, 0.5) is 5.69 Å². The Balaban J connectivity index is 1.43. The third-order valence-corrected chi connectivity index (χ3v) is 6.69. The number of hydrogen-bond acceptors (Lipinski definition) is 4. The van der Waals surface area contributed by atoms with Crippen molar-refractivity contribution in [3.8, 4) is 0 Å². The van der Waals surface area contributed by atoms with E-state index in [-0.39, 0.29) is 5.91 Å². The van der Waals surface area contributed by atoms with Crippen molar-refractivity contribution in [1.29, 1.82) is 0 Å². The van der Waals surface area contributed by atoms with Crippen LogP contribution in [0.15, 0.2) is 47.3 Å². The summed E-state index contributed by atoms with van der Waals surface area (Å²) in [5.74, 6) is -0.170. The number of carbonyl (C=O) groups excluding carboxylic acids is 1. The second-order valence-electron chi connectivity index (χ2n) is 7.79. The Morgan fingerprint density at radius 1 is 1.06 bits per heavy atom. The molecule has 8 nitrogen and oxygen atoms in total. The van der Waals surface area contributed by atoms with Crippen molar-refractivity contribution in [1.82, 2.24) is 29.3 Å². The number of carbonyl (C=O) groups is 1. The van der Waals surface area contributed by atoms with Gasteiger partial charge in [-0.25, -0.2) is 0 Å². The van der Waals surface area contributed by atoms with Crippen molar-refractivity contribution in [2.24, 2.45) is 0 Å². The quantitative estimate of drug-likeness (QED) is 0.413. The molecule has 0 unspecified atom stereocenters. The van der Waals surface area contributed by atoms with Crippen molar-refractivity contribution >= 4 is 27.5 Å². The molecule has 0 bridgehead atoms. The topological polar surface area (TPSA) is 82.6 Å². The van der Waals surface area contributed by atoms with Gasteiger partial charge in [-0.2, -0.15) is 15.3 Å². The molecule has 0 spiro atoms. The molecule has 0 aliphatic carbocycles. The summed E-state index contributed by atoms with van der Waals surface area (Å²) in [5, 5.41) is 16.2. The fraction of sp³-hybridized carbons (Fsp3) is 0.304. The fourth-order valence-corrected chi connectivity index (χ4v) is 3.95. The Kier molecular flexibility index (Phi) is 6.27. The smallest absolute Gasteiger partial charge is 0.255 e. The molecule has 0 aliphatic heterocycles. The molecule has 0 saturated heterocycles. The van der Waals surface area contributed by atoms with E-state index in [4.69, 9.17) is 0 Å². The van der Waals surface area contributed by atoms with Gasteiger partial charge in [0.2, 0.25) is 0 Å². The molecule has 9 heteroatoms. The van der Waals surface area contributed by atoms with Gasteiger partial charge in [0, 0.05) is 29.6 Å². The Bertz CT molecular complexity index is 1270. The molecule has 1 amide bonds. The minimum absolute atomic E-state index is 0.170. The van der Waals surface area contributed by atoms with E-state index in [0.29, 0.717) is 24.3 Å². The van der Waals surface area contributed by atoms with E-state index in [9.17, 15) is 4.79 Å². The van der Waals surface area contributed by atoms with Crippen LogP contribution < -0.4 is 5.32 Å². The summed E-state index contributed by atoms with van der Waals surface area (Å²) in [6.07, 6.45) is 5.36. The average Bonchev–Trinajstić information content (AvgIpc) is 3.44. The lowest BCUT2D eigenvalue weighted by molar-refractivity contribution is 0.102. The highest BCUT2D eigenvalue weighted by atomic mass is 79.9. The maximum atomic E-state index is 12.8. The Hall–Kier alpha value is -3.20. The van der Waals surface area contributed by atoms with Gasteiger partial charge in [0.05, 0.1) is 47.0 Å². The van der Waals surface area contributed by atoms with Crippen LogP contribution in [0.3, 0.4) is 0 Å². The number of halogens is 1. The molecule has 4 rings (SSSR count). The summed E-state index contributed by atoms with van der Waals surface area (Å²) in [6, 6.07) is 7.59. The Morgan fingerprint density at radius 2 is 1.88 bits per heavy atom. The van der Waals surface area contributed by atoms with Gasteiger partial charge in [0.15, 0.2) is 0 Å². The van der Waals surface area contributed by atoms with E-state index in [1.165, 1.54) is 0 Å². The molecular weight excluding hydrogens is 470 g/mol. The first kappa shape index (κ1) is 22.0. The van der Waals surface area contributed by atoms with Crippen molar-refractivity contribution in [3.63, 3.8) is 0 Å². The van der Waals surface area contributed by atoms with E-state index in [1.807, 2.05) is 59.9 Å². The summed E-state index contributed by atoms with van der Waals surface area (Å²) < 4.78 is 6.71. The Labute approximate surface area is 195 Å². The molecular formula is C23H26BrN7O. The van der Waals surface area contributed by atoms with Gasteiger partial charge in [-0.3, -0.25) is 18.8 Å². The van der Waals surface area contributed by atoms with Crippen LogP contribution in [0.1, 0.15) is 45.5 Å². The maximum absolute atomic E-state index is 12.8. The van der Waals surface area contributed by atoms with Crippen LogP contribution >= 0.6 is 15.9 Å². The molecule has 32 heavy (non-hydrogen) atoms. The fourth-order valence-electron chi connectivity index (χ4n) is 3.66. The molecule has 1 aromatic carbocycles. The van der Waals surface area contributed by atoms with Crippen LogP contribution in [0.5, 0.6) is 0 Å². The summed E-state index contributed by atoms with van der Waals surface area (Å²) in [6.45, 7) is 10.1. The van der Waals surface area contributed by atoms with Gasteiger partial charge >= 0.3 is 0 Å². The molecule has 0 fully saturated rings. The third-order valence-electron chi connectivity index (χ3n) is 5.54. The van der Waals surface area contributed by atoms with Crippen molar-refractivity contribution in [3.05, 3.63) is 81.1 Å². The molecule has 0 radical (unpaired) electrons. The first-order chi connectivity index (χ1) is 15.4. The number of nitrogens with one attached hydrogen (secondary N) is 1. The number of nitrogens with zero attached hydrogens (tertiary/aromatic N) is 6. The predicted molar refractivity (Wildman–Crippen MR) is 127 cm³/mol. The van der Waals surface area contributed by atoms with Gasteiger partial charge in [-0.05, 0) is 61.3 Å². The van der Waals surface area contributed by atoms with Crippen LogP contribution in [-0.4, -0.2) is 35.2 Å². The van der Waals surface area contributed by atoms with E-state index in [2.05, 4.69) is 50.4 Å². The average molecular weight is 496 g/mol. The predicted octanol–water partition coefficient (Wildman–Crippen LogP) is 4.33. The number of aromatic nitrogens is 6. The SMILES string of the molecule is CCn1ncc(Cn2cc(NC(=O)c3cccc(Cn4nc(C)c(Br)c4C)c3)cn2)c1C. The zero-order valence-corrected chi connectivity index (χ0v) is 20.2. The van der Waals surface area contributed by atoms with Crippen molar-refractivity contribution in [2.45, 2.75) is 47.3 Å². The van der Waals surface area contributed by atoms with Gasteiger partial charge in [0.1, 0.15) is 0 Å². The minimum atomic E-state index is -0.170. The Morgan fingerprint density at radius 3 is 2.56 bits per heavy atom. The molecule has 0 aliphatic rings. The lowest BCUT2D eigenvalue weighted by Crippen LogP contribution is -2.12. The first-order valence-corrected chi connectivity index (χ1v) is 11.3. The largest absolute Gasteiger partial charge is 0.319 e. The molecule has 4 aromatic rings. The van der Waals surface area contributed by atoms with Crippen molar-refractivity contribution < 1.29 is 4.79 Å². The van der Waals surface area contributed by atoms with Gasteiger partial charge in [-0.1, -0.05) is 12.1 Å². The maximum Gasteiger partial charge on any atom is 0.255 e. The summed E-state index contributed by atoms with van der Waals surface area (Å²) in [5.41, 5.74) is 6.50. The number of benzene rings is 1. The van der Waals surface area contributed by atoms with Crippen LogP contribution in [0.25, 0.3) is 0 Å². The van der Waals surface area contributed by atoms with Crippen LogP contribution in [-0.2, 0) is 19.6 Å². The highest BCUT2D eigenvalue weighted by molar-refractivity contribution is 9.10. The molecule has 1 N–H and O–H groups in total. The number of anilines is 1. The van der Waals surface area contributed by atoms with E-state index >= 15 is 0 Å². The number of rotatable bonds is 7. The lowest BCUT2D eigenvalue weighted by Gasteiger charge is -2.08. The van der Waals surface area contributed by atoms with E-state index < -0.39 is 0 Å². The molecule has 166 valence electrons. The van der Waals surface area contributed by atoms with Gasteiger partial charge in [0.25, 0.3) is 5.91 Å². The zero-order chi connectivity index (χ0) is 22.8. The highest BCUT2D eigenvalue weighted by Gasteiger charge is 2.12. The molecule has 3 aromatic heterocycles. The first-order valence-electron chi connectivity index (χ1n) is 10.5. The number of aryl methyl sites for hydroxylation is 2. The highest BCUT2D eigenvalue weighted by Crippen LogP contribution is 2.21. The molecule has 3 heterocycles. The van der Waals surface area contributed by atoms with Crippen molar-refractivity contribution in [2.75, 3.05) is 5.32 Å².